The molecule has 0 spiro atoms. The Kier molecular flexibility index (Phi) is 8.63. The maximum atomic E-state index is 11.8. The highest BCUT2D eigenvalue weighted by atomic mass is 32.2. The lowest BCUT2D eigenvalue weighted by Gasteiger charge is -2.15. The third kappa shape index (κ3) is 8.23. The summed E-state index contributed by atoms with van der Waals surface area (Å²) in [5.41, 5.74) is 2.52. The van der Waals surface area contributed by atoms with Crippen molar-refractivity contribution in [2.75, 3.05) is 20.3 Å². The molecule has 0 saturated carbocycles. The largest absolute Gasteiger partial charge is 0.493 e. The summed E-state index contributed by atoms with van der Waals surface area (Å²) in [5, 5.41) is 2.61. The van der Waals surface area contributed by atoms with Crippen LogP contribution in [-0.2, 0) is 38.2 Å². The summed E-state index contributed by atoms with van der Waals surface area (Å²) < 4.78 is 41.9. The Balaban J connectivity index is 1.83. The molecule has 0 aliphatic rings. The number of carbonyl (C=O) groups is 1. The van der Waals surface area contributed by atoms with Crippen LogP contribution in [0.25, 0.3) is 0 Å². The second-order valence-corrected chi connectivity index (χ2v) is 8.00. The average Bonchev–Trinajstić information content (AvgIpc) is 2.68. The highest BCUT2D eigenvalue weighted by Crippen LogP contribution is 2.15. The van der Waals surface area contributed by atoms with Crippen LogP contribution in [0, 0.1) is 0 Å². The number of carbonyl (C=O) groups excluding carboxylic acids is 1. The molecule has 0 aliphatic carbocycles. The number of benzene rings is 2. The summed E-state index contributed by atoms with van der Waals surface area (Å²) in [4.78, 5) is 11.8. The van der Waals surface area contributed by atoms with Gasteiger partial charge < -0.3 is 14.8 Å². The van der Waals surface area contributed by atoms with Crippen molar-refractivity contribution >= 4 is 16.0 Å². The zero-order valence-electron chi connectivity index (χ0n) is 16.6. The molecule has 8 heteroatoms. The molecule has 1 amide bonds. The third-order valence-corrected chi connectivity index (χ3v) is 4.98. The Hall–Kier alpha value is -2.42. The number of rotatable bonds is 11. The van der Waals surface area contributed by atoms with Gasteiger partial charge >= 0.3 is 0 Å². The average molecular weight is 422 g/mol. The molecule has 2 aromatic carbocycles. The van der Waals surface area contributed by atoms with Crippen LogP contribution in [0.3, 0.4) is 0 Å². The van der Waals surface area contributed by atoms with Gasteiger partial charge in [0.05, 0.1) is 6.61 Å². The smallest absolute Gasteiger partial charge is 0.269 e. The Bertz CT molecular complexity index is 878. The first kappa shape index (κ1) is 22.9. The van der Waals surface area contributed by atoms with E-state index in [2.05, 4.69) is 5.32 Å². The minimum Gasteiger partial charge on any atom is -0.493 e. The van der Waals surface area contributed by atoms with Crippen LogP contribution in [-0.4, -0.2) is 45.2 Å². The van der Waals surface area contributed by atoms with E-state index in [4.69, 9.17) is 14.0 Å². The molecular weight excluding hydrogens is 394 g/mol. The standard InChI is InChI=1S/C21H27NO6S/c1-3-27-20(21(23)22-2)14-17-8-10-19(11-9-17)28-13-12-16-4-6-18(7-5-16)15-29(24,25)26/h4-11,20H,3,12-15H2,1-2H3,(H,22,23)(H,24,25,26). The van der Waals surface area contributed by atoms with E-state index in [1.807, 2.05) is 43.3 Å². The van der Waals surface area contributed by atoms with Crippen LogP contribution in [0.1, 0.15) is 23.6 Å². The van der Waals surface area contributed by atoms with Crippen molar-refractivity contribution in [2.45, 2.75) is 31.6 Å². The molecule has 2 N–H and O–H groups in total. The van der Waals surface area contributed by atoms with Crippen LogP contribution < -0.4 is 10.1 Å². The van der Waals surface area contributed by atoms with Gasteiger partial charge in [-0.15, -0.1) is 0 Å². The summed E-state index contributed by atoms with van der Waals surface area (Å²) in [5.74, 6) is 0.194. The van der Waals surface area contributed by atoms with E-state index in [-0.39, 0.29) is 11.7 Å². The molecule has 29 heavy (non-hydrogen) atoms. The number of likely N-dealkylation sites (N-methyl/N-ethyl adjacent to an activating group) is 1. The van der Waals surface area contributed by atoms with Gasteiger partial charge in [-0.2, -0.15) is 8.42 Å². The number of hydrogen-bond donors (Lipinski definition) is 2. The van der Waals surface area contributed by atoms with Crippen LogP contribution in [0.4, 0.5) is 0 Å². The van der Waals surface area contributed by atoms with E-state index >= 15 is 0 Å². The van der Waals surface area contributed by atoms with Gasteiger partial charge in [-0.1, -0.05) is 36.4 Å². The van der Waals surface area contributed by atoms with Crippen molar-refractivity contribution in [2.24, 2.45) is 0 Å². The van der Waals surface area contributed by atoms with Gasteiger partial charge in [-0.05, 0) is 35.7 Å². The van der Waals surface area contributed by atoms with Gasteiger partial charge in [0.1, 0.15) is 17.6 Å². The fourth-order valence-corrected chi connectivity index (χ4v) is 3.44. The SMILES string of the molecule is CCOC(Cc1ccc(OCCc2ccc(CS(=O)(=O)O)cc2)cc1)C(=O)NC. The number of nitrogens with one attached hydrogen (secondary N) is 1. The van der Waals surface area contributed by atoms with Crippen LogP contribution in [0.5, 0.6) is 5.75 Å². The summed E-state index contributed by atoms with van der Waals surface area (Å²) >= 11 is 0. The molecule has 0 aliphatic heterocycles. The van der Waals surface area contributed by atoms with Gasteiger partial charge in [-0.25, -0.2) is 0 Å². The van der Waals surface area contributed by atoms with Gasteiger partial charge in [0.15, 0.2) is 0 Å². The van der Waals surface area contributed by atoms with Crippen molar-refractivity contribution in [1.82, 2.24) is 5.32 Å². The van der Waals surface area contributed by atoms with E-state index in [0.717, 1.165) is 16.9 Å². The maximum Gasteiger partial charge on any atom is 0.269 e. The van der Waals surface area contributed by atoms with Gasteiger partial charge in [0, 0.05) is 26.5 Å². The molecule has 0 fully saturated rings. The predicted molar refractivity (Wildman–Crippen MR) is 111 cm³/mol. The van der Waals surface area contributed by atoms with E-state index in [9.17, 15) is 13.2 Å². The van der Waals surface area contributed by atoms with Crippen LogP contribution >= 0.6 is 0 Å². The zero-order chi connectivity index (χ0) is 21.3. The summed E-state index contributed by atoms with van der Waals surface area (Å²) in [7, 11) is -2.43. The van der Waals surface area contributed by atoms with Crippen molar-refractivity contribution in [1.29, 1.82) is 0 Å². The zero-order valence-corrected chi connectivity index (χ0v) is 17.4. The molecule has 158 valence electrons. The minimum absolute atomic E-state index is 0.144. The number of hydrogen-bond acceptors (Lipinski definition) is 5. The fraction of sp³-hybridized carbons (Fsp3) is 0.381. The van der Waals surface area contributed by atoms with Crippen molar-refractivity contribution in [3.63, 3.8) is 0 Å². The monoisotopic (exact) mass is 421 g/mol. The van der Waals surface area contributed by atoms with Crippen LogP contribution in [0.2, 0.25) is 0 Å². The molecule has 2 aromatic rings. The molecule has 0 saturated heterocycles. The van der Waals surface area contributed by atoms with E-state index in [1.54, 1.807) is 19.2 Å². The van der Waals surface area contributed by atoms with E-state index in [0.29, 0.717) is 31.6 Å². The van der Waals surface area contributed by atoms with Crippen molar-refractivity contribution in [3.8, 4) is 5.75 Å². The second-order valence-electron chi connectivity index (χ2n) is 6.55. The second kappa shape index (κ2) is 10.9. The highest BCUT2D eigenvalue weighted by Gasteiger charge is 2.17. The molecule has 0 radical (unpaired) electrons. The normalized spacial score (nSPS) is 12.4. The Morgan fingerprint density at radius 3 is 2.17 bits per heavy atom. The van der Waals surface area contributed by atoms with E-state index < -0.39 is 16.2 Å². The first-order valence-electron chi connectivity index (χ1n) is 9.38. The van der Waals surface area contributed by atoms with Gasteiger partial charge in [0.2, 0.25) is 5.91 Å². The first-order chi connectivity index (χ1) is 13.8. The highest BCUT2D eigenvalue weighted by molar-refractivity contribution is 7.85. The Labute approximate surface area is 171 Å². The maximum absolute atomic E-state index is 11.8. The Morgan fingerprint density at radius 2 is 1.62 bits per heavy atom. The minimum atomic E-state index is -4.02. The lowest BCUT2D eigenvalue weighted by Crippen LogP contribution is -2.35. The molecule has 0 bridgehead atoms. The third-order valence-electron chi connectivity index (χ3n) is 4.28. The molecule has 1 unspecified atom stereocenters. The number of ether oxygens (including phenoxy) is 2. The summed E-state index contributed by atoms with van der Waals surface area (Å²) in [6.45, 7) is 2.79. The lowest BCUT2D eigenvalue weighted by atomic mass is 10.1. The quantitative estimate of drug-likeness (QED) is 0.540. The molecule has 0 aromatic heterocycles. The Morgan fingerprint density at radius 1 is 1.03 bits per heavy atom. The summed E-state index contributed by atoms with van der Waals surface area (Å²) in [6, 6.07) is 14.5. The van der Waals surface area contributed by atoms with Crippen molar-refractivity contribution < 1.29 is 27.2 Å². The van der Waals surface area contributed by atoms with Crippen molar-refractivity contribution in [3.05, 3.63) is 65.2 Å². The van der Waals surface area contributed by atoms with Gasteiger partial charge in [0.25, 0.3) is 10.1 Å². The topological polar surface area (TPSA) is 102 Å². The molecule has 1 atom stereocenters. The van der Waals surface area contributed by atoms with Crippen LogP contribution in [0.15, 0.2) is 48.5 Å². The van der Waals surface area contributed by atoms with Gasteiger partial charge in [-0.3, -0.25) is 9.35 Å². The molecule has 0 heterocycles. The molecule has 2 rings (SSSR count). The fourth-order valence-electron chi connectivity index (χ4n) is 2.82. The molecular formula is C21H27NO6S. The number of amides is 1. The summed E-state index contributed by atoms with van der Waals surface area (Å²) in [6.07, 6.45) is 0.640. The molecule has 7 nitrogen and oxygen atoms in total. The van der Waals surface area contributed by atoms with E-state index in [1.165, 1.54) is 0 Å². The first-order valence-corrected chi connectivity index (χ1v) is 11.0. The predicted octanol–water partition coefficient (Wildman–Crippen LogP) is 2.39. The lowest BCUT2D eigenvalue weighted by molar-refractivity contribution is -0.131.